The maximum Gasteiger partial charge on any atom is 0.471 e. The van der Waals surface area contributed by atoms with Crippen LogP contribution in [-0.4, -0.2) is 25.2 Å². The Bertz CT molecular complexity index is 189. The summed E-state index contributed by atoms with van der Waals surface area (Å²) in [5, 5.41) is 1.77. The minimum atomic E-state index is -4.81. The summed E-state index contributed by atoms with van der Waals surface area (Å²) in [6, 6.07) is 0. The Morgan fingerprint density at radius 2 is 1.85 bits per heavy atom. The van der Waals surface area contributed by atoms with Crippen molar-refractivity contribution in [3.63, 3.8) is 0 Å². The summed E-state index contributed by atoms with van der Waals surface area (Å²) in [7, 11) is 0. The fraction of sp³-hybridized carbons (Fsp3) is 0.857. The first-order chi connectivity index (χ1) is 5.69. The van der Waals surface area contributed by atoms with E-state index in [2.05, 4.69) is 0 Å². The van der Waals surface area contributed by atoms with Gasteiger partial charge in [0.15, 0.2) is 0 Å². The zero-order valence-electron chi connectivity index (χ0n) is 7.53. The molecule has 78 valence electrons. The fourth-order valence-corrected chi connectivity index (χ4v) is 0.492. The fourth-order valence-electron chi connectivity index (χ4n) is 0.492. The number of nitrogens with one attached hydrogen (secondary N) is 1. The number of nitrogens with two attached hydrogens (primary N) is 1. The summed E-state index contributed by atoms with van der Waals surface area (Å²) in [4.78, 5) is 10.4. The van der Waals surface area contributed by atoms with E-state index in [0.717, 1.165) is 0 Å². The Morgan fingerprint density at radius 3 is 2.15 bits per heavy atom. The van der Waals surface area contributed by atoms with Crippen LogP contribution in [0.2, 0.25) is 0 Å². The van der Waals surface area contributed by atoms with Crippen molar-refractivity contribution < 1.29 is 18.0 Å². The topological polar surface area (TPSA) is 55.1 Å². The summed E-state index contributed by atoms with van der Waals surface area (Å²) < 4.78 is 35.1. The van der Waals surface area contributed by atoms with Crippen LogP contribution in [0.4, 0.5) is 13.2 Å². The lowest BCUT2D eigenvalue weighted by Gasteiger charge is -2.22. The van der Waals surface area contributed by atoms with E-state index in [1.807, 2.05) is 0 Å². The van der Waals surface area contributed by atoms with Gasteiger partial charge in [-0.15, -0.1) is 0 Å². The maximum absolute atomic E-state index is 11.7. The number of rotatable bonds is 3. The molecule has 0 fully saturated rings. The summed E-state index contributed by atoms with van der Waals surface area (Å²) in [5.74, 6) is -1.92. The number of carbonyl (C=O) groups is 1. The molecule has 0 aromatic carbocycles. The van der Waals surface area contributed by atoms with E-state index in [-0.39, 0.29) is 13.1 Å². The van der Waals surface area contributed by atoms with Crippen molar-refractivity contribution in [2.45, 2.75) is 20.0 Å². The van der Waals surface area contributed by atoms with Crippen molar-refractivity contribution in [3.8, 4) is 0 Å². The zero-order chi connectivity index (χ0) is 10.7. The smallest absolute Gasteiger partial charge is 0.348 e. The normalized spacial score (nSPS) is 12.8. The lowest BCUT2D eigenvalue weighted by Crippen LogP contribution is -2.43. The first kappa shape index (κ1) is 12.2. The number of amides is 1. The van der Waals surface area contributed by atoms with Gasteiger partial charge < -0.3 is 11.1 Å². The van der Waals surface area contributed by atoms with Crippen LogP contribution in [0, 0.1) is 5.41 Å². The monoisotopic (exact) mass is 198 g/mol. The van der Waals surface area contributed by atoms with Crippen molar-refractivity contribution in [2.24, 2.45) is 11.1 Å². The molecule has 0 rings (SSSR count). The molecule has 0 aromatic rings. The predicted molar refractivity (Wildman–Crippen MR) is 41.9 cm³/mol. The Kier molecular flexibility index (Phi) is 3.71. The van der Waals surface area contributed by atoms with Crippen LogP contribution in [0.1, 0.15) is 13.8 Å². The predicted octanol–water partition coefficient (Wildman–Crippen LogP) is 0.650. The van der Waals surface area contributed by atoms with Gasteiger partial charge in [-0.3, -0.25) is 4.79 Å². The van der Waals surface area contributed by atoms with Crippen LogP contribution in [0.3, 0.4) is 0 Å². The van der Waals surface area contributed by atoms with Crippen molar-refractivity contribution in [1.82, 2.24) is 5.32 Å². The largest absolute Gasteiger partial charge is 0.471 e. The quantitative estimate of drug-likeness (QED) is 0.699. The molecule has 0 unspecified atom stereocenters. The van der Waals surface area contributed by atoms with Crippen LogP contribution < -0.4 is 11.1 Å². The Balaban J connectivity index is 3.98. The van der Waals surface area contributed by atoms with E-state index >= 15 is 0 Å². The molecule has 3 N–H and O–H groups in total. The van der Waals surface area contributed by atoms with E-state index in [9.17, 15) is 18.0 Å². The van der Waals surface area contributed by atoms with Crippen molar-refractivity contribution in [1.29, 1.82) is 0 Å². The van der Waals surface area contributed by atoms with E-state index in [1.54, 1.807) is 19.2 Å². The molecule has 0 bridgehead atoms. The van der Waals surface area contributed by atoms with Crippen molar-refractivity contribution in [3.05, 3.63) is 0 Å². The lowest BCUT2D eigenvalue weighted by atomic mass is 9.94. The Hall–Kier alpha value is -0.780. The van der Waals surface area contributed by atoms with E-state index < -0.39 is 17.5 Å². The lowest BCUT2D eigenvalue weighted by molar-refractivity contribution is -0.174. The second-order valence-electron chi connectivity index (χ2n) is 3.55. The molecule has 1 amide bonds. The van der Waals surface area contributed by atoms with E-state index in [0.29, 0.717) is 0 Å². The molecule has 0 aliphatic rings. The Morgan fingerprint density at radius 1 is 1.38 bits per heavy atom. The molecule has 0 aromatic heterocycles. The van der Waals surface area contributed by atoms with E-state index in [1.165, 1.54) is 0 Å². The molecule has 0 spiro atoms. The highest BCUT2D eigenvalue weighted by atomic mass is 19.4. The average Bonchev–Trinajstić information content (AvgIpc) is 1.98. The first-order valence-corrected chi connectivity index (χ1v) is 3.74. The zero-order valence-corrected chi connectivity index (χ0v) is 7.53. The van der Waals surface area contributed by atoms with Crippen LogP contribution >= 0.6 is 0 Å². The number of hydrogen-bond donors (Lipinski definition) is 2. The Labute approximate surface area is 74.5 Å². The molecular weight excluding hydrogens is 185 g/mol. The molecule has 0 saturated heterocycles. The van der Waals surface area contributed by atoms with Gasteiger partial charge in [0.25, 0.3) is 0 Å². The van der Waals surface area contributed by atoms with Gasteiger partial charge >= 0.3 is 12.1 Å². The standard InChI is InChI=1S/C7H13F3N2O/c1-6(2,3-11)4-12-5(13)7(8,9)10/h3-4,11H2,1-2H3,(H,12,13). The number of alkyl halides is 3. The van der Waals surface area contributed by atoms with Crippen LogP contribution in [0.25, 0.3) is 0 Å². The van der Waals surface area contributed by atoms with Crippen molar-refractivity contribution >= 4 is 5.91 Å². The molecule has 13 heavy (non-hydrogen) atoms. The highest BCUT2D eigenvalue weighted by Gasteiger charge is 2.38. The van der Waals surface area contributed by atoms with Crippen LogP contribution in [0.5, 0.6) is 0 Å². The van der Waals surface area contributed by atoms with Gasteiger partial charge in [0.1, 0.15) is 0 Å². The number of hydrogen-bond acceptors (Lipinski definition) is 2. The molecule has 0 heterocycles. The molecular formula is C7H13F3N2O. The van der Waals surface area contributed by atoms with Gasteiger partial charge in [-0.1, -0.05) is 13.8 Å². The number of carbonyl (C=O) groups excluding carboxylic acids is 1. The van der Waals surface area contributed by atoms with Gasteiger partial charge in [0, 0.05) is 6.54 Å². The molecule has 0 aliphatic carbocycles. The van der Waals surface area contributed by atoms with Crippen LogP contribution in [0.15, 0.2) is 0 Å². The third-order valence-corrected chi connectivity index (χ3v) is 1.54. The van der Waals surface area contributed by atoms with Gasteiger partial charge in [-0.25, -0.2) is 0 Å². The average molecular weight is 198 g/mol. The van der Waals surface area contributed by atoms with Gasteiger partial charge in [-0.05, 0) is 12.0 Å². The van der Waals surface area contributed by atoms with Crippen molar-refractivity contribution in [2.75, 3.05) is 13.1 Å². The summed E-state index contributed by atoms with van der Waals surface area (Å²) >= 11 is 0. The van der Waals surface area contributed by atoms with Crippen LogP contribution in [-0.2, 0) is 4.79 Å². The molecule has 6 heteroatoms. The number of halogens is 3. The van der Waals surface area contributed by atoms with Gasteiger partial charge in [0.2, 0.25) is 0 Å². The minimum absolute atomic E-state index is 0.0815. The summed E-state index contributed by atoms with van der Waals surface area (Å²) in [6.45, 7) is 3.47. The van der Waals surface area contributed by atoms with Gasteiger partial charge in [-0.2, -0.15) is 13.2 Å². The van der Waals surface area contributed by atoms with Gasteiger partial charge in [0.05, 0.1) is 0 Å². The highest BCUT2D eigenvalue weighted by molar-refractivity contribution is 5.81. The molecule has 0 radical (unpaired) electrons. The molecule has 0 atom stereocenters. The third-order valence-electron chi connectivity index (χ3n) is 1.54. The molecule has 0 aliphatic heterocycles. The summed E-state index contributed by atoms with van der Waals surface area (Å²) in [5.41, 5.74) is 4.76. The second-order valence-corrected chi connectivity index (χ2v) is 3.55. The molecule has 0 saturated carbocycles. The van der Waals surface area contributed by atoms with E-state index in [4.69, 9.17) is 5.73 Å². The first-order valence-electron chi connectivity index (χ1n) is 3.74. The summed E-state index contributed by atoms with van der Waals surface area (Å²) in [6.07, 6.45) is -4.81. The second kappa shape index (κ2) is 3.95. The SMILES string of the molecule is CC(C)(CN)CNC(=O)C(F)(F)F. The molecule has 3 nitrogen and oxygen atoms in total. The maximum atomic E-state index is 11.7. The minimum Gasteiger partial charge on any atom is -0.348 e. The third kappa shape index (κ3) is 4.72. The highest BCUT2D eigenvalue weighted by Crippen LogP contribution is 2.16.